The Bertz CT molecular complexity index is 1160. The minimum Gasteiger partial charge on any atom is -0.345 e. The first-order valence-electron chi connectivity index (χ1n) is 10.6. The Morgan fingerprint density at radius 2 is 1.65 bits per heavy atom. The number of amides is 1. The minimum absolute atomic E-state index is 0.0190. The fourth-order valence-corrected chi connectivity index (χ4v) is 5.61. The lowest BCUT2D eigenvalue weighted by molar-refractivity contribution is 0.0932. The van der Waals surface area contributed by atoms with E-state index in [-0.39, 0.29) is 16.8 Å². The van der Waals surface area contributed by atoms with Crippen LogP contribution in [0.4, 0.5) is 5.69 Å². The van der Waals surface area contributed by atoms with Crippen molar-refractivity contribution < 1.29 is 13.2 Å². The summed E-state index contributed by atoms with van der Waals surface area (Å²) >= 11 is 0. The van der Waals surface area contributed by atoms with E-state index in [4.69, 9.17) is 0 Å². The third-order valence-corrected chi connectivity index (χ3v) is 7.63. The number of aryl methyl sites for hydroxylation is 1. The summed E-state index contributed by atoms with van der Waals surface area (Å²) in [5.74, 6) is -0.193. The summed E-state index contributed by atoms with van der Waals surface area (Å²) in [5, 5.41) is 3.11. The molecular formula is C25H26N2O3S. The van der Waals surface area contributed by atoms with E-state index in [0.29, 0.717) is 17.8 Å². The van der Waals surface area contributed by atoms with Gasteiger partial charge in [-0.15, -0.1) is 0 Å². The van der Waals surface area contributed by atoms with Crippen LogP contribution in [0.2, 0.25) is 0 Å². The van der Waals surface area contributed by atoms with Gasteiger partial charge < -0.3 is 5.32 Å². The van der Waals surface area contributed by atoms with Crippen LogP contribution in [0.5, 0.6) is 0 Å². The number of rotatable bonds is 6. The van der Waals surface area contributed by atoms with E-state index >= 15 is 0 Å². The van der Waals surface area contributed by atoms with Gasteiger partial charge in [-0.25, -0.2) is 8.42 Å². The smallest absolute Gasteiger partial charge is 0.264 e. The molecule has 0 radical (unpaired) electrons. The Labute approximate surface area is 183 Å². The molecule has 1 aliphatic carbocycles. The number of para-hydroxylation sites is 1. The second kappa shape index (κ2) is 8.94. The molecule has 0 aromatic heterocycles. The van der Waals surface area contributed by atoms with Gasteiger partial charge >= 0.3 is 0 Å². The lowest BCUT2D eigenvalue weighted by atomic mass is 9.87. The van der Waals surface area contributed by atoms with Crippen molar-refractivity contribution in [2.75, 3.05) is 10.8 Å². The van der Waals surface area contributed by atoms with Crippen LogP contribution in [0.3, 0.4) is 0 Å². The van der Waals surface area contributed by atoms with Crippen molar-refractivity contribution in [3.8, 4) is 0 Å². The van der Waals surface area contributed by atoms with Crippen LogP contribution in [-0.4, -0.2) is 20.9 Å². The predicted molar refractivity (Wildman–Crippen MR) is 123 cm³/mol. The number of hydrogen-bond donors (Lipinski definition) is 1. The van der Waals surface area contributed by atoms with Gasteiger partial charge in [0.15, 0.2) is 0 Å². The predicted octanol–water partition coefficient (Wildman–Crippen LogP) is 4.71. The Kier molecular flexibility index (Phi) is 6.09. The molecule has 0 saturated carbocycles. The Balaban J connectivity index is 1.52. The zero-order chi connectivity index (χ0) is 21.8. The first kappa shape index (κ1) is 21.1. The summed E-state index contributed by atoms with van der Waals surface area (Å²) in [6.45, 7) is 2.12. The molecule has 1 atom stereocenters. The van der Waals surface area contributed by atoms with Crippen LogP contribution in [-0.2, 0) is 16.4 Å². The average Bonchev–Trinajstić information content (AvgIpc) is 2.80. The number of carbonyl (C=O) groups is 1. The van der Waals surface area contributed by atoms with Gasteiger partial charge in [0.1, 0.15) is 0 Å². The van der Waals surface area contributed by atoms with E-state index in [0.717, 1.165) is 19.3 Å². The van der Waals surface area contributed by atoms with Gasteiger partial charge in [-0.3, -0.25) is 9.10 Å². The molecule has 0 fully saturated rings. The molecule has 1 amide bonds. The fraction of sp³-hybridized carbons (Fsp3) is 0.240. The normalized spacial score (nSPS) is 15.7. The number of benzene rings is 3. The fourth-order valence-electron chi connectivity index (χ4n) is 4.14. The second-order valence-electron chi connectivity index (χ2n) is 7.65. The maximum absolute atomic E-state index is 13.1. The van der Waals surface area contributed by atoms with Crippen molar-refractivity contribution in [1.29, 1.82) is 0 Å². The van der Waals surface area contributed by atoms with Gasteiger partial charge in [0, 0.05) is 12.1 Å². The molecule has 6 heteroatoms. The summed E-state index contributed by atoms with van der Waals surface area (Å²) in [5.41, 5.74) is 3.51. The summed E-state index contributed by atoms with van der Waals surface area (Å²) in [6, 6.07) is 23.4. The number of anilines is 1. The molecule has 0 heterocycles. The van der Waals surface area contributed by atoms with Gasteiger partial charge in [0.05, 0.1) is 16.6 Å². The zero-order valence-corrected chi connectivity index (χ0v) is 18.3. The van der Waals surface area contributed by atoms with Crippen molar-refractivity contribution in [1.82, 2.24) is 5.32 Å². The van der Waals surface area contributed by atoms with E-state index in [1.54, 1.807) is 31.2 Å². The quantitative estimate of drug-likeness (QED) is 0.611. The molecule has 0 saturated heterocycles. The monoisotopic (exact) mass is 434 g/mol. The molecule has 160 valence electrons. The average molecular weight is 435 g/mol. The highest BCUT2D eigenvalue weighted by atomic mass is 32.2. The molecule has 1 aliphatic rings. The first-order valence-corrected chi connectivity index (χ1v) is 12.0. The van der Waals surface area contributed by atoms with Crippen molar-refractivity contribution in [3.63, 3.8) is 0 Å². The lowest BCUT2D eigenvalue weighted by Crippen LogP contribution is -2.31. The molecule has 3 aromatic carbocycles. The highest BCUT2D eigenvalue weighted by Gasteiger charge is 2.25. The van der Waals surface area contributed by atoms with Gasteiger partial charge in [0.25, 0.3) is 15.9 Å². The minimum atomic E-state index is -3.71. The largest absolute Gasteiger partial charge is 0.345 e. The summed E-state index contributed by atoms with van der Waals surface area (Å²) < 4.78 is 27.6. The van der Waals surface area contributed by atoms with Crippen molar-refractivity contribution in [3.05, 3.63) is 95.6 Å². The number of sulfonamides is 1. The summed E-state index contributed by atoms with van der Waals surface area (Å²) in [4.78, 5) is 13.0. The van der Waals surface area contributed by atoms with Crippen LogP contribution in [0.1, 0.15) is 47.3 Å². The lowest BCUT2D eigenvalue weighted by Gasteiger charge is -2.26. The SMILES string of the molecule is CCN(c1ccccc1)S(=O)(=O)c1ccc(C(=O)NC2CCCc3ccccc32)cc1. The maximum Gasteiger partial charge on any atom is 0.264 e. The van der Waals surface area contributed by atoms with Crippen molar-refractivity contribution >= 4 is 21.6 Å². The Morgan fingerprint density at radius 1 is 0.968 bits per heavy atom. The highest BCUT2D eigenvalue weighted by Crippen LogP contribution is 2.30. The topological polar surface area (TPSA) is 66.5 Å². The van der Waals surface area contributed by atoms with Crippen molar-refractivity contribution in [2.24, 2.45) is 0 Å². The van der Waals surface area contributed by atoms with Crippen LogP contribution in [0.15, 0.2) is 83.8 Å². The van der Waals surface area contributed by atoms with Crippen LogP contribution in [0.25, 0.3) is 0 Å². The number of carbonyl (C=O) groups excluding carboxylic acids is 1. The second-order valence-corrected chi connectivity index (χ2v) is 9.51. The van der Waals surface area contributed by atoms with E-state index in [9.17, 15) is 13.2 Å². The number of nitrogens with one attached hydrogen (secondary N) is 1. The van der Waals surface area contributed by atoms with E-state index in [1.165, 1.54) is 27.6 Å². The molecule has 0 spiro atoms. The highest BCUT2D eigenvalue weighted by molar-refractivity contribution is 7.92. The molecule has 3 aromatic rings. The van der Waals surface area contributed by atoms with Crippen LogP contribution >= 0.6 is 0 Å². The molecule has 5 nitrogen and oxygen atoms in total. The van der Waals surface area contributed by atoms with Gasteiger partial charge in [0.2, 0.25) is 0 Å². The molecule has 0 aliphatic heterocycles. The third-order valence-electron chi connectivity index (χ3n) is 5.71. The summed E-state index contributed by atoms with van der Waals surface area (Å²) in [6.07, 6.45) is 2.97. The van der Waals surface area contributed by atoms with Crippen LogP contribution < -0.4 is 9.62 Å². The molecule has 1 unspecified atom stereocenters. The summed E-state index contributed by atoms with van der Waals surface area (Å²) in [7, 11) is -3.71. The van der Waals surface area contributed by atoms with Gasteiger partial charge in [-0.2, -0.15) is 0 Å². The van der Waals surface area contributed by atoms with Gasteiger partial charge in [-0.05, 0) is 73.7 Å². The maximum atomic E-state index is 13.1. The third kappa shape index (κ3) is 4.35. The first-order chi connectivity index (χ1) is 15.0. The molecule has 1 N–H and O–H groups in total. The molecule has 4 rings (SSSR count). The Morgan fingerprint density at radius 3 is 2.35 bits per heavy atom. The molecule has 31 heavy (non-hydrogen) atoms. The molecular weight excluding hydrogens is 408 g/mol. The molecule has 0 bridgehead atoms. The Hall–Kier alpha value is -3.12. The van der Waals surface area contributed by atoms with Gasteiger partial charge in [-0.1, -0.05) is 42.5 Å². The standard InChI is InChI=1S/C25H26N2O3S/c1-2-27(21-11-4-3-5-12-21)31(29,30)22-17-15-20(16-18-22)25(28)26-24-14-8-10-19-9-6-7-13-23(19)24/h3-7,9,11-13,15-18,24H,2,8,10,14H2,1H3,(H,26,28). The number of hydrogen-bond acceptors (Lipinski definition) is 3. The van der Waals surface area contributed by atoms with E-state index in [2.05, 4.69) is 17.4 Å². The number of nitrogens with zero attached hydrogens (tertiary/aromatic N) is 1. The van der Waals surface area contributed by atoms with Crippen molar-refractivity contribution in [2.45, 2.75) is 37.1 Å². The van der Waals surface area contributed by atoms with E-state index < -0.39 is 10.0 Å². The number of fused-ring (bicyclic) bond motifs is 1. The zero-order valence-electron chi connectivity index (χ0n) is 17.5. The van der Waals surface area contributed by atoms with E-state index in [1.807, 2.05) is 30.3 Å². The van der Waals surface area contributed by atoms with Crippen LogP contribution in [0, 0.1) is 0 Å².